The smallest absolute Gasteiger partial charge is 0.356 e. The summed E-state index contributed by atoms with van der Waals surface area (Å²) in [5.41, 5.74) is -2.63. The van der Waals surface area contributed by atoms with E-state index >= 15 is 0 Å². The lowest BCUT2D eigenvalue weighted by atomic mass is 9.96. The number of morpholine rings is 1. The first-order chi connectivity index (χ1) is 12.0. The third kappa shape index (κ3) is 3.41. The van der Waals surface area contributed by atoms with E-state index in [2.05, 4.69) is 15.5 Å². The first-order valence-electron chi connectivity index (χ1n) is 7.90. The zero-order chi connectivity index (χ0) is 19.2. The van der Waals surface area contributed by atoms with E-state index in [1.807, 2.05) is 0 Å². The fraction of sp³-hybridized carbons (Fsp3) is 0.500. The maximum atomic E-state index is 13.4. The zero-order valence-corrected chi connectivity index (χ0v) is 14.5. The van der Waals surface area contributed by atoms with Crippen LogP contribution in [0, 0.1) is 0 Å². The van der Waals surface area contributed by atoms with Crippen LogP contribution in [0.15, 0.2) is 30.6 Å². The quantitative estimate of drug-likeness (QED) is 0.812. The second-order valence-electron chi connectivity index (χ2n) is 7.05. The minimum Gasteiger partial charge on any atom is -0.356 e. The molecule has 0 aliphatic carbocycles. The Labute approximate surface area is 147 Å². The maximum absolute atomic E-state index is 13.4. The van der Waals surface area contributed by atoms with Crippen molar-refractivity contribution < 1.29 is 22.7 Å². The molecule has 1 saturated heterocycles. The number of nitrogens with zero attached hydrogens (tertiary/aromatic N) is 5. The fourth-order valence-electron chi connectivity index (χ4n) is 3.06. The van der Waals surface area contributed by atoms with E-state index in [0.29, 0.717) is 5.69 Å². The molecule has 0 radical (unpaired) electrons. The van der Waals surface area contributed by atoms with Gasteiger partial charge in [-0.1, -0.05) is 0 Å². The number of ether oxygens (including phenoxy) is 1. The van der Waals surface area contributed by atoms with Gasteiger partial charge in [-0.15, -0.1) is 5.10 Å². The highest BCUT2D eigenvalue weighted by atomic mass is 19.4. The molecule has 0 saturated carbocycles. The number of halogens is 3. The molecule has 0 N–H and O–H groups in total. The molecule has 2 heterocycles. The maximum Gasteiger partial charge on any atom is 0.418 e. The molecule has 10 heteroatoms. The van der Waals surface area contributed by atoms with Gasteiger partial charge in [-0.05, 0) is 55.5 Å². The van der Waals surface area contributed by atoms with E-state index in [0.717, 1.165) is 6.92 Å². The van der Waals surface area contributed by atoms with Crippen molar-refractivity contribution in [2.24, 2.45) is 0 Å². The van der Waals surface area contributed by atoms with E-state index in [4.69, 9.17) is 4.74 Å². The predicted octanol–water partition coefficient (Wildman–Crippen LogP) is 2.23. The Morgan fingerprint density at radius 3 is 2.35 bits per heavy atom. The van der Waals surface area contributed by atoms with Gasteiger partial charge in [0.15, 0.2) is 5.60 Å². The molecule has 26 heavy (non-hydrogen) atoms. The van der Waals surface area contributed by atoms with Gasteiger partial charge in [-0.25, -0.2) is 4.68 Å². The zero-order valence-electron chi connectivity index (χ0n) is 14.5. The minimum absolute atomic E-state index is 0.0618. The van der Waals surface area contributed by atoms with Gasteiger partial charge in [0.25, 0.3) is 5.91 Å². The summed E-state index contributed by atoms with van der Waals surface area (Å²) in [4.78, 5) is 13.9. The van der Waals surface area contributed by atoms with Gasteiger partial charge in [-0.2, -0.15) is 13.2 Å². The van der Waals surface area contributed by atoms with Crippen LogP contribution in [0.25, 0.3) is 5.69 Å². The lowest BCUT2D eigenvalue weighted by Gasteiger charge is -2.48. The number of carbonyl (C=O) groups excluding carboxylic acids is 1. The van der Waals surface area contributed by atoms with Gasteiger partial charge in [-0.3, -0.25) is 4.79 Å². The van der Waals surface area contributed by atoms with Crippen LogP contribution in [0.3, 0.4) is 0 Å². The van der Waals surface area contributed by atoms with Crippen LogP contribution >= 0.6 is 0 Å². The van der Waals surface area contributed by atoms with E-state index in [-0.39, 0.29) is 12.1 Å². The molecule has 7 nitrogen and oxygen atoms in total. The Morgan fingerprint density at radius 1 is 1.15 bits per heavy atom. The van der Waals surface area contributed by atoms with Gasteiger partial charge in [0, 0.05) is 12.1 Å². The molecule has 3 rings (SSSR count). The highest BCUT2D eigenvalue weighted by Gasteiger charge is 2.58. The molecule has 1 aliphatic rings. The van der Waals surface area contributed by atoms with Crippen LogP contribution in [0.2, 0.25) is 0 Å². The summed E-state index contributed by atoms with van der Waals surface area (Å²) in [6.07, 6.45) is -3.19. The summed E-state index contributed by atoms with van der Waals surface area (Å²) < 4.78 is 47.0. The molecular weight excluding hydrogens is 351 g/mol. The van der Waals surface area contributed by atoms with Crippen molar-refractivity contribution >= 4 is 5.91 Å². The van der Waals surface area contributed by atoms with Crippen molar-refractivity contribution in [3.8, 4) is 5.69 Å². The molecule has 1 atom stereocenters. The van der Waals surface area contributed by atoms with Crippen LogP contribution in [0.5, 0.6) is 0 Å². The molecule has 1 unspecified atom stereocenters. The van der Waals surface area contributed by atoms with Gasteiger partial charge in [0.2, 0.25) is 0 Å². The van der Waals surface area contributed by atoms with Crippen molar-refractivity contribution in [2.45, 2.75) is 38.1 Å². The van der Waals surface area contributed by atoms with Gasteiger partial charge in [0.05, 0.1) is 17.8 Å². The van der Waals surface area contributed by atoms with Crippen LogP contribution in [0.4, 0.5) is 13.2 Å². The number of hydrogen-bond acceptors (Lipinski definition) is 5. The van der Waals surface area contributed by atoms with Crippen molar-refractivity contribution in [2.75, 3.05) is 13.1 Å². The Balaban J connectivity index is 1.84. The number of carbonyl (C=O) groups is 1. The Hall–Kier alpha value is -2.49. The molecule has 1 aromatic carbocycles. The second kappa shape index (κ2) is 6.04. The fourth-order valence-corrected chi connectivity index (χ4v) is 3.06. The summed E-state index contributed by atoms with van der Waals surface area (Å²) in [6.45, 7) is 3.54. The predicted molar refractivity (Wildman–Crippen MR) is 84.7 cm³/mol. The highest BCUT2D eigenvalue weighted by molar-refractivity contribution is 5.94. The number of benzene rings is 1. The van der Waals surface area contributed by atoms with E-state index < -0.39 is 29.8 Å². The number of amides is 1. The van der Waals surface area contributed by atoms with Crippen LogP contribution in [-0.4, -0.2) is 61.5 Å². The van der Waals surface area contributed by atoms with Crippen LogP contribution in [0.1, 0.15) is 31.1 Å². The largest absolute Gasteiger partial charge is 0.418 e. The normalized spacial score (nSPS) is 23.1. The van der Waals surface area contributed by atoms with E-state index in [1.54, 1.807) is 12.1 Å². The molecule has 1 aliphatic heterocycles. The molecular formula is C16H18F3N5O2. The number of aromatic nitrogens is 4. The highest BCUT2D eigenvalue weighted by Crippen LogP contribution is 2.40. The van der Waals surface area contributed by atoms with Gasteiger partial charge in [0.1, 0.15) is 6.33 Å². The van der Waals surface area contributed by atoms with E-state index in [9.17, 15) is 18.0 Å². The summed E-state index contributed by atoms with van der Waals surface area (Å²) in [5.74, 6) is -0.486. The molecule has 1 fully saturated rings. The summed E-state index contributed by atoms with van der Waals surface area (Å²) in [6, 6.07) is 6.32. The summed E-state index contributed by atoms with van der Waals surface area (Å²) in [5, 5.41) is 10.8. The van der Waals surface area contributed by atoms with Gasteiger partial charge < -0.3 is 9.64 Å². The molecule has 0 spiro atoms. The third-order valence-electron chi connectivity index (χ3n) is 4.18. The Kier molecular flexibility index (Phi) is 4.26. The standard InChI is InChI=1S/C16H18F3N5O2/c1-14(2)8-23(9-15(3,26-14)16(17,18)19)13(25)11-4-6-12(7-5-11)24-10-20-21-22-24/h4-7,10H,8-9H2,1-3H3. The second-order valence-corrected chi connectivity index (χ2v) is 7.05. The average Bonchev–Trinajstić information content (AvgIpc) is 3.06. The van der Waals surface area contributed by atoms with Crippen molar-refractivity contribution in [1.29, 1.82) is 0 Å². The minimum atomic E-state index is -4.59. The molecule has 2 aromatic rings. The van der Waals surface area contributed by atoms with Crippen molar-refractivity contribution in [3.05, 3.63) is 36.2 Å². The average molecular weight is 369 g/mol. The molecule has 0 bridgehead atoms. The monoisotopic (exact) mass is 369 g/mol. The van der Waals surface area contributed by atoms with Crippen molar-refractivity contribution in [1.82, 2.24) is 25.1 Å². The van der Waals surface area contributed by atoms with Crippen LogP contribution in [-0.2, 0) is 4.74 Å². The number of alkyl halides is 3. The summed E-state index contributed by atoms with van der Waals surface area (Å²) in [7, 11) is 0. The molecule has 140 valence electrons. The number of hydrogen-bond donors (Lipinski definition) is 0. The lowest BCUT2D eigenvalue weighted by Crippen LogP contribution is -2.65. The summed E-state index contributed by atoms with van der Waals surface area (Å²) >= 11 is 0. The Bertz CT molecular complexity index is 789. The molecule has 1 amide bonds. The van der Waals surface area contributed by atoms with Gasteiger partial charge >= 0.3 is 6.18 Å². The lowest BCUT2D eigenvalue weighted by molar-refractivity contribution is -0.318. The first kappa shape index (κ1) is 18.3. The Morgan fingerprint density at radius 2 is 1.81 bits per heavy atom. The topological polar surface area (TPSA) is 73.1 Å². The first-order valence-corrected chi connectivity index (χ1v) is 7.90. The SMILES string of the molecule is CC1(C)CN(C(=O)c2ccc(-n3cnnn3)cc2)CC(C)(C(F)(F)F)O1. The van der Waals surface area contributed by atoms with Crippen LogP contribution < -0.4 is 0 Å². The number of rotatable bonds is 2. The number of tetrazole rings is 1. The van der Waals surface area contributed by atoms with Crippen molar-refractivity contribution in [3.63, 3.8) is 0 Å². The van der Waals surface area contributed by atoms with E-state index in [1.165, 1.54) is 41.9 Å². The molecule has 1 aromatic heterocycles. The third-order valence-corrected chi connectivity index (χ3v) is 4.18.